The molecular weight excluding hydrogens is 278 g/mol. The van der Waals surface area contributed by atoms with Crippen molar-refractivity contribution in [3.8, 4) is 0 Å². The highest BCUT2D eigenvalue weighted by molar-refractivity contribution is 9.10. The van der Waals surface area contributed by atoms with Gasteiger partial charge >= 0.3 is 0 Å². The Kier molecular flexibility index (Phi) is 3.60. The van der Waals surface area contributed by atoms with Crippen molar-refractivity contribution in [3.63, 3.8) is 0 Å². The quantitative estimate of drug-likeness (QED) is 0.859. The fraction of sp³-hybridized carbons (Fsp3) is 0.214. The summed E-state index contributed by atoms with van der Waals surface area (Å²) in [7, 11) is 0. The summed E-state index contributed by atoms with van der Waals surface area (Å²) in [5.41, 5.74) is 3.99. The van der Waals surface area contributed by atoms with E-state index in [4.69, 9.17) is 0 Å². The molecule has 3 heteroatoms. The number of nitrogens with zero attached hydrogens (tertiary/aromatic N) is 1. The van der Waals surface area contributed by atoms with E-state index in [9.17, 15) is 5.11 Å². The number of benzene rings is 1. The van der Waals surface area contributed by atoms with E-state index >= 15 is 0 Å². The van der Waals surface area contributed by atoms with Crippen LogP contribution in [0.15, 0.2) is 41.1 Å². The number of hydrogen-bond acceptors (Lipinski definition) is 2. The molecule has 88 valence electrons. The monoisotopic (exact) mass is 291 g/mol. The van der Waals surface area contributed by atoms with Gasteiger partial charge in [0.1, 0.15) is 10.7 Å². The second-order valence-corrected chi connectivity index (χ2v) is 4.96. The molecule has 0 spiro atoms. The molecule has 0 aliphatic heterocycles. The zero-order chi connectivity index (χ0) is 12.4. The first kappa shape index (κ1) is 12.3. The zero-order valence-electron chi connectivity index (χ0n) is 9.81. The molecule has 1 N–H and O–H groups in total. The molecular formula is C14H14BrNO. The molecule has 0 aliphatic carbocycles. The Morgan fingerprint density at radius 1 is 1.18 bits per heavy atom. The van der Waals surface area contributed by atoms with Gasteiger partial charge in [-0.05, 0) is 41.4 Å². The summed E-state index contributed by atoms with van der Waals surface area (Å²) in [5, 5.41) is 10.4. The van der Waals surface area contributed by atoms with E-state index in [1.165, 1.54) is 0 Å². The lowest BCUT2D eigenvalue weighted by molar-refractivity contribution is 0.219. The minimum absolute atomic E-state index is 0.642. The van der Waals surface area contributed by atoms with Crippen LogP contribution in [0.3, 0.4) is 0 Å². The average Bonchev–Trinajstić information content (AvgIpc) is 2.27. The Labute approximate surface area is 109 Å². The third-order valence-corrected chi connectivity index (χ3v) is 3.30. The minimum Gasteiger partial charge on any atom is -0.384 e. The van der Waals surface area contributed by atoms with Crippen LogP contribution in [0.2, 0.25) is 0 Å². The van der Waals surface area contributed by atoms with E-state index in [1.54, 1.807) is 6.20 Å². The van der Waals surface area contributed by atoms with E-state index in [-0.39, 0.29) is 0 Å². The Balaban J connectivity index is 2.43. The summed E-state index contributed by atoms with van der Waals surface area (Å²) >= 11 is 3.36. The first-order chi connectivity index (χ1) is 8.08. The summed E-state index contributed by atoms with van der Waals surface area (Å²) in [4.78, 5) is 4.13. The van der Waals surface area contributed by atoms with Gasteiger partial charge in [0, 0.05) is 11.8 Å². The smallest absolute Gasteiger partial charge is 0.112 e. The van der Waals surface area contributed by atoms with Crippen molar-refractivity contribution in [3.05, 3.63) is 63.4 Å². The predicted octanol–water partition coefficient (Wildman–Crippen LogP) is 3.54. The van der Waals surface area contributed by atoms with E-state index in [2.05, 4.69) is 27.0 Å². The molecule has 1 aromatic heterocycles. The van der Waals surface area contributed by atoms with Crippen molar-refractivity contribution >= 4 is 15.9 Å². The topological polar surface area (TPSA) is 33.1 Å². The average molecular weight is 292 g/mol. The van der Waals surface area contributed by atoms with Crippen molar-refractivity contribution in [2.45, 2.75) is 20.0 Å². The van der Waals surface area contributed by atoms with Crippen LogP contribution in [0, 0.1) is 13.8 Å². The third-order valence-electron chi connectivity index (χ3n) is 2.64. The normalized spacial score (nSPS) is 12.5. The number of halogens is 1. The molecule has 0 saturated carbocycles. The fourth-order valence-electron chi connectivity index (χ4n) is 1.95. The predicted molar refractivity (Wildman–Crippen MR) is 71.9 cm³/mol. The molecule has 2 rings (SSSR count). The largest absolute Gasteiger partial charge is 0.384 e. The van der Waals surface area contributed by atoms with Gasteiger partial charge in [-0.15, -0.1) is 0 Å². The maximum Gasteiger partial charge on any atom is 0.112 e. The van der Waals surface area contributed by atoms with E-state index in [0.717, 1.165) is 22.3 Å². The Hall–Kier alpha value is -1.19. The minimum atomic E-state index is -0.642. The number of aliphatic hydroxyl groups is 1. The van der Waals surface area contributed by atoms with Gasteiger partial charge in [0.25, 0.3) is 0 Å². The third kappa shape index (κ3) is 2.73. The second kappa shape index (κ2) is 4.98. The number of pyridine rings is 1. The van der Waals surface area contributed by atoms with Crippen LogP contribution >= 0.6 is 15.9 Å². The van der Waals surface area contributed by atoms with Crippen molar-refractivity contribution in [2.75, 3.05) is 0 Å². The highest BCUT2D eigenvalue weighted by Crippen LogP contribution is 2.27. The number of rotatable bonds is 2. The molecule has 0 fully saturated rings. The zero-order valence-corrected chi connectivity index (χ0v) is 11.4. The van der Waals surface area contributed by atoms with Gasteiger partial charge in [0.15, 0.2) is 0 Å². The van der Waals surface area contributed by atoms with E-state index in [1.807, 2.05) is 38.1 Å². The van der Waals surface area contributed by atoms with E-state index < -0.39 is 6.10 Å². The first-order valence-electron chi connectivity index (χ1n) is 5.44. The molecule has 1 unspecified atom stereocenters. The molecule has 0 amide bonds. The first-order valence-corrected chi connectivity index (χ1v) is 6.24. The van der Waals surface area contributed by atoms with Crippen LogP contribution in [0.1, 0.15) is 28.4 Å². The Morgan fingerprint density at radius 3 is 2.41 bits per heavy atom. The standard InChI is InChI=1S/C14H14BrNO/c1-9-6-10(2)8-11(7-9)13(17)12-4-3-5-16-14(12)15/h3-8,13,17H,1-2H3. The molecule has 0 saturated heterocycles. The molecule has 0 radical (unpaired) electrons. The van der Waals surface area contributed by atoms with Crippen molar-refractivity contribution < 1.29 is 5.11 Å². The number of aromatic nitrogens is 1. The lowest BCUT2D eigenvalue weighted by atomic mass is 9.99. The van der Waals surface area contributed by atoms with E-state index in [0.29, 0.717) is 4.60 Å². The van der Waals surface area contributed by atoms with Gasteiger partial charge < -0.3 is 5.11 Å². The van der Waals surface area contributed by atoms with Gasteiger partial charge in [0.05, 0.1) is 0 Å². The van der Waals surface area contributed by atoms with Gasteiger partial charge in [0.2, 0.25) is 0 Å². The SMILES string of the molecule is Cc1cc(C)cc(C(O)c2cccnc2Br)c1. The molecule has 1 aromatic carbocycles. The number of hydrogen-bond donors (Lipinski definition) is 1. The van der Waals surface area contributed by atoms with Crippen LogP contribution in [0.5, 0.6) is 0 Å². The summed E-state index contributed by atoms with van der Waals surface area (Å²) in [6.07, 6.45) is 1.05. The van der Waals surface area contributed by atoms with Crippen molar-refractivity contribution in [1.29, 1.82) is 0 Å². The lowest BCUT2D eigenvalue weighted by Gasteiger charge is -2.14. The maximum atomic E-state index is 10.4. The van der Waals surface area contributed by atoms with Crippen molar-refractivity contribution in [1.82, 2.24) is 4.98 Å². The van der Waals surface area contributed by atoms with Gasteiger partial charge in [-0.3, -0.25) is 0 Å². The summed E-state index contributed by atoms with van der Waals surface area (Å²) < 4.78 is 0.687. The fourth-order valence-corrected chi connectivity index (χ4v) is 2.42. The Bertz CT molecular complexity index is 519. The number of aliphatic hydroxyl groups excluding tert-OH is 1. The van der Waals surface area contributed by atoms with Crippen LogP contribution in [-0.2, 0) is 0 Å². The van der Waals surface area contributed by atoms with Crippen LogP contribution in [-0.4, -0.2) is 10.1 Å². The van der Waals surface area contributed by atoms with Gasteiger partial charge in [-0.25, -0.2) is 4.98 Å². The second-order valence-electron chi connectivity index (χ2n) is 4.21. The molecule has 1 atom stereocenters. The lowest BCUT2D eigenvalue weighted by Crippen LogP contribution is -2.02. The maximum absolute atomic E-state index is 10.4. The summed E-state index contributed by atoms with van der Waals surface area (Å²) in [6.45, 7) is 4.06. The highest BCUT2D eigenvalue weighted by Gasteiger charge is 2.14. The molecule has 0 aliphatic rings. The summed E-state index contributed by atoms with van der Waals surface area (Å²) in [5.74, 6) is 0. The molecule has 0 bridgehead atoms. The molecule has 2 aromatic rings. The molecule has 2 nitrogen and oxygen atoms in total. The van der Waals surface area contributed by atoms with Crippen LogP contribution in [0.4, 0.5) is 0 Å². The Morgan fingerprint density at radius 2 is 1.82 bits per heavy atom. The highest BCUT2D eigenvalue weighted by atomic mass is 79.9. The molecule has 1 heterocycles. The number of aryl methyl sites for hydroxylation is 2. The van der Waals surface area contributed by atoms with Crippen molar-refractivity contribution in [2.24, 2.45) is 0 Å². The van der Waals surface area contributed by atoms with Crippen LogP contribution < -0.4 is 0 Å². The molecule has 17 heavy (non-hydrogen) atoms. The summed E-state index contributed by atoms with van der Waals surface area (Å²) in [6, 6.07) is 9.79. The van der Waals surface area contributed by atoms with Gasteiger partial charge in [-0.2, -0.15) is 0 Å². The van der Waals surface area contributed by atoms with Crippen LogP contribution in [0.25, 0.3) is 0 Å². The van der Waals surface area contributed by atoms with Gasteiger partial charge in [-0.1, -0.05) is 35.4 Å².